The van der Waals surface area contributed by atoms with E-state index in [2.05, 4.69) is 76.2 Å². The second-order valence-electron chi connectivity index (χ2n) is 11.1. The van der Waals surface area contributed by atoms with Crippen LogP contribution in [0, 0.1) is 10.8 Å². The smallest absolute Gasteiger partial charge is 0.0162 e. The molecule has 2 aromatic rings. The van der Waals surface area contributed by atoms with Crippen molar-refractivity contribution >= 4 is 0 Å². The Morgan fingerprint density at radius 3 is 1.07 bits per heavy atom. The molecule has 2 aliphatic carbocycles. The minimum atomic E-state index is 0.548. The molecule has 0 heterocycles. The van der Waals surface area contributed by atoms with Gasteiger partial charge < -0.3 is 0 Å². The van der Waals surface area contributed by atoms with Crippen molar-refractivity contribution in [2.24, 2.45) is 10.8 Å². The molecule has 0 aliphatic heterocycles. The number of hydrogen-bond donors (Lipinski definition) is 0. The standard InChI is InChI=1S/C28H38/c1-27(2)17-13-25(14-18-27)23-9-5-21(6-10-23)22-7-11-24(12-8-22)26-15-19-28(3,4)20-16-26/h5-12,25-26H,13-20H2,1-4H3. The van der Waals surface area contributed by atoms with E-state index in [9.17, 15) is 0 Å². The normalized spacial score (nSPS) is 22.9. The summed E-state index contributed by atoms with van der Waals surface area (Å²) in [4.78, 5) is 0. The van der Waals surface area contributed by atoms with Gasteiger partial charge in [-0.2, -0.15) is 0 Å². The number of rotatable bonds is 3. The largest absolute Gasteiger partial charge is 0.0599 e. The Labute approximate surface area is 172 Å². The third-order valence-corrected chi connectivity index (χ3v) is 7.78. The maximum absolute atomic E-state index is 2.42. The summed E-state index contributed by atoms with van der Waals surface area (Å²) >= 11 is 0. The van der Waals surface area contributed by atoms with E-state index >= 15 is 0 Å². The van der Waals surface area contributed by atoms with Crippen molar-refractivity contribution in [2.75, 3.05) is 0 Å². The fraction of sp³-hybridized carbons (Fsp3) is 0.571. The van der Waals surface area contributed by atoms with E-state index < -0.39 is 0 Å². The van der Waals surface area contributed by atoms with Gasteiger partial charge in [0.1, 0.15) is 0 Å². The van der Waals surface area contributed by atoms with Crippen LogP contribution in [-0.4, -0.2) is 0 Å². The zero-order chi connectivity index (χ0) is 19.8. The first-order valence-electron chi connectivity index (χ1n) is 11.5. The van der Waals surface area contributed by atoms with Crippen molar-refractivity contribution in [3.63, 3.8) is 0 Å². The topological polar surface area (TPSA) is 0 Å². The van der Waals surface area contributed by atoms with Gasteiger partial charge in [0, 0.05) is 0 Å². The third kappa shape index (κ3) is 4.53. The molecule has 0 radical (unpaired) electrons. The number of benzene rings is 2. The first-order chi connectivity index (χ1) is 13.3. The van der Waals surface area contributed by atoms with Gasteiger partial charge in [-0.15, -0.1) is 0 Å². The Hall–Kier alpha value is -1.56. The van der Waals surface area contributed by atoms with E-state index in [4.69, 9.17) is 0 Å². The highest BCUT2D eigenvalue weighted by molar-refractivity contribution is 5.64. The highest BCUT2D eigenvalue weighted by atomic mass is 14.3. The van der Waals surface area contributed by atoms with Crippen LogP contribution in [0.15, 0.2) is 48.5 Å². The lowest BCUT2D eigenvalue weighted by Gasteiger charge is -2.34. The lowest BCUT2D eigenvalue weighted by molar-refractivity contribution is 0.224. The first kappa shape index (κ1) is 19.7. The fourth-order valence-corrected chi connectivity index (χ4v) is 5.36. The molecular formula is C28H38. The van der Waals surface area contributed by atoms with Gasteiger partial charge in [-0.1, -0.05) is 76.2 Å². The molecule has 2 fully saturated rings. The molecule has 0 heteroatoms. The van der Waals surface area contributed by atoms with Crippen LogP contribution in [0.3, 0.4) is 0 Å². The molecule has 2 aliphatic rings. The molecule has 0 N–H and O–H groups in total. The van der Waals surface area contributed by atoms with Crippen LogP contribution in [0.25, 0.3) is 11.1 Å². The van der Waals surface area contributed by atoms with E-state index in [-0.39, 0.29) is 0 Å². The summed E-state index contributed by atoms with van der Waals surface area (Å²) in [5.74, 6) is 1.53. The summed E-state index contributed by atoms with van der Waals surface area (Å²) in [7, 11) is 0. The zero-order valence-electron chi connectivity index (χ0n) is 18.4. The van der Waals surface area contributed by atoms with Crippen LogP contribution in [0.4, 0.5) is 0 Å². The Morgan fingerprint density at radius 1 is 0.500 bits per heavy atom. The van der Waals surface area contributed by atoms with Gasteiger partial charge in [0.2, 0.25) is 0 Å². The minimum absolute atomic E-state index is 0.548. The molecule has 0 atom stereocenters. The molecule has 0 unspecified atom stereocenters. The molecule has 0 nitrogen and oxygen atoms in total. The predicted molar refractivity (Wildman–Crippen MR) is 122 cm³/mol. The zero-order valence-corrected chi connectivity index (χ0v) is 18.4. The highest BCUT2D eigenvalue weighted by Crippen LogP contribution is 2.44. The second-order valence-corrected chi connectivity index (χ2v) is 11.1. The molecule has 0 bridgehead atoms. The van der Waals surface area contributed by atoms with Crippen molar-refractivity contribution in [3.05, 3.63) is 59.7 Å². The summed E-state index contributed by atoms with van der Waals surface area (Å²) in [6.07, 6.45) is 10.8. The Kier molecular flexibility index (Phi) is 5.43. The van der Waals surface area contributed by atoms with Crippen molar-refractivity contribution in [1.82, 2.24) is 0 Å². The summed E-state index contributed by atoms with van der Waals surface area (Å²) in [5, 5.41) is 0. The Morgan fingerprint density at radius 2 is 0.786 bits per heavy atom. The lowest BCUT2D eigenvalue weighted by Crippen LogP contribution is -2.20. The molecular weight excluding hydrogens is 336 g/mol. The molecule has 0 aromatic heterocycles. The van der Waals surface area contributed by atoms with Gasteiger partial charge in [-0.25, -0.2) is 0 Å². The average Bonchev–Trinajstić information content (AvgIpc) is 2.68. The fourth-order valence-electron chi connectivity index (χ4n) is 5.36. The highest BCUT2D eigenvalue weighted by Gasteiger charge is 2.28. The summed E-state index contributed by atoms with van der Waals surface area (Å²) in [5.41, 5.74) is 6.90. The molecule has 0 amide bonds. The Bertz CT molecular complexity index is 686. The SMILES string of the molecule is CC1(C)CCC(c2ccc(-c3ccc(C4CCC(C)(C)CC4)cc3)cc2)CC1. The third-order valence-electron chi connectivity index (χ3n) is 7.78. The van der Waals surface area contributed by atoms with E-state index in [1.54, 1.807) is 11.1 Å². The van der Waals surface area contributed by atoms with Gasteiger partial charge in [-0.3, -0.25) is 0 Å². The van der Waals surface area contributed by atoms with E-state index in [1.807, 2.05) is 0 Å². The van der Waals surface area contributed by atoms with Crippen LogP contribution in [0.1, 0.15) is 102 Å². The molecule has 28 heavy (non-hydrogen) atoms. The summed E-state index contributed by atoms with van der Waals surface area (Å²) < 4.78 is 0. The van der Waals surface area contributed by atoms with Gasteiger partial charge in [0.05, 0.1) is 0 Å². The maximum atomic E-state index is 2.42. The monoisotopic (exact) mass is 374 g/mol. The van der Waals surface area contributed by atoms with E-state index in [0.717, 1.165) is 11.8 Å². The molecule has 2 aromatic carbocycles. The second kappa shape index (κ2) is 7.69. The summed E-state index contributed by atoms with van der Waals surface area (Å²) in [6.45, 7) is 9.68. The average molecular weight is 375 g/mol. The van der Waals surface area contributed by atoms with E-state index in [1.165, 1.54) is 62.5 Å². The minimum Gasteiger partial charge on any atom is -0.0599 e. The summed E-state index contributed by atoms with van der Waals surface area (Å²) in [6, 6.07) is 18.9. The van der Waals surface area contributed by atoms with Crippen molar-refractivity contribution in [2.45, 2.75) is 90.9 Å². The van der Waals surface area contributed by atoms with Crippen LogP contribution in [0.2, 0.25) is 0 Å². The van der Waals surface area contributed by atoms with Gasteiger partial charge in [0.25, 0.3) is 0 Å². The van der Waals surface area contributed by atoms with Gasteiger partial charge in [-0.05, 0) is 96.3 Å². The van der Waals surface area contributed by atoms with Crippen LogP contribution < -0.4 is 0 Å². The van der Waals surface area contributed by atoms with Crippen molar-refractivity contribution < 1.29 is 0 Å². The Balaban J connectivity index is 1.41. The first-order valence-corrected chi connectivity index (χ1v) is 11.5. The molecule has 2 saturated carbocycles. The molecule has 0 spiro atoms. The lowest BCUT2D eigenvalue weighted by atomic mass is 9.71. The molecule has 150 valence electrons. The van der Waals surface area contributed by atoms with E-state index in [0.29, 0.717) is 10.8 Å². The predicted octanol–water partition coefficient (Wildman–Crippen LogP) is 8.72. The van der Waals surface area contributed by atoms with Crippen molar-refractivity contribution in [3.8, 4) is 11.1 Å². The van der Waals surface area contributed by atoms with Crippen molar-refractivity contribution in [1.29, 1.82) is 0 Å². The van der Waals surface area contributed by atoms with Gasteiger partial charge in [0.15, 0.2) is 0 Å². The maximum Gasteiger partial charge on any atom is -0.0162 e. The van der Waals surface area contributed by atoms with Gasteiger partial charge >= 0.3 is 0 Å². The van der Waals surface area contributed by atoms with Crippen LogP contribution in [-0.2, 0) is 0 Å². The molecule has 0 saturated heterocycles. The molecule has 4 rings (SSSR count). The van der Waals surface area contributed by atoms with Crippen LogP contribution >= 0.6 is 0 Å². The quantitative estimate of drug-likeness (QED) is 0.504. The number of hydrogen-bond acceptors (Lipinski definition) is 0. The van der Waals surface area contributed by atoms with Crippen LogP contribution in [0.5, 0.6) is 0 Å².